The largest absolute Gasteiger partial charge is 0.352 e. The van der Waals surface area contributed by atoms with Gasteiger partial charge in [0.05, 0.1) is 4.92 Å². The zero-order valence-corrected chi connectivity index (χ0v) is 8.75. The number of nitro benzene ring substituents is 1. The van der Waals surface area contributed by atoms with Gasteiger partial charge in [0.1, 0.15) is 0 Å². The molecule has 0 unspecified atom stereocenters. The van der Waals surface area contributed by atoms with Gasteiger partial charge < -0.3 is 5.32 Å². The van der Waals surface area contributed by atoms with E-state index in [9.17, 15) is 14.9 Å². The van der Waals surface area contributed by atoms with Crippen LogP contribution in [0.4, 0.5) is 5.69 Å². The molecule has 0 spiro atoms. The minimum absolute atomic E-state index is 0.0419. The molecule has 80 valence electrons. The normalized spacial score (nSPS) is 9.73. The molecule has 0 heterocycles. The monoisotopic (exact) mass is 228 g/mol. The predicted molar refractivity (Wildman–Crippen MR) is 55.6 cm³/mol. The van der Waals surface area contributed by atoms with Crippen molar-refractivity contribution in [1.82, 2.24) is 5.32 Å². The third kappa shape index (κ3) is 3.21. The van der Waals surface area contributed by atoms with Gasteiger partial charge in [-0.2, -0.15) is 0 Å². The van der Waals surface area contributed by atoms with Gasteiger partial charge in [0, 0.05) is 30.6 Å². The Labute approximate surface area is 91.2 Å². The van der Waals surface area contributed by atoms with Crippen molar-refractivity contribution in [1.29, 1.82) is 0 Å². The Bertz CT molecular complexity index is 406. The van der Waals surface area contributed by atoms with Crippen LogP contribution in [0.2, 0.25) is 5.02 Å². The Morgan fingerprint density at radius 3 is 2.80 bits per heavy atom. The zero-order chi connectivity index (χ0) is 11.4. The van der Waals surface area contributed by atoms with E-state index in [2.05, 4.69) is 5.32 Å². The summed E-state index contributed by atoms with van der Waals surface area (Å²) in [7, 11) is 0. The highest BCUT2D eigenvalue weighted by Crippen LogP contribution is 2.21. The van der Waals surface area contributed by atoms with E-state index in [1.165, 1.54) is 25.1 Å². The first kappa shape index (κ1) is 11.5. The molecule has 1 aromatic carbocycles. The van der Waals surface area contributed by atoms with Crippen molar-refractivity contribution in [3.63, 3.8) is 0 Å². The van der Waals surface area contributed by atoms with Crippen molar-refractivity contribution in [2.45, 2.75) is 13.5 Å². The molecule has 0 aromatic heterocycles. The molecule has 0 atom stereocenters. The van der Waals surface area contributed by atoms with Gasteiger partial charge in [0.2, 0.25) is 5.91 Å². The number of nitrogens with one attached hydrogen (secondary N) is 1. The summed E-state index contributed by atoms with van der Waals surface area (Å²) in [5.74, 6) is -0.211. The number of non-ortho nitro benzene ring substituents is 1. The third-order valence-electron chi connectivity index (χ3n) is 1.77. The number of rotatable bonds is 3. The maximum atomic E-state index is 10.7. The average Bonchev–Trinajstić information content (AvgIpc) is 2.16. The van der Waals surface area contributed by atoms with Crippen molar-refractivity contribution >= 4 is 23.2 Å². The van der Waals surface area contributed by atoms with Gasteiger partial charge in [-0.05, 0) is 11.6 Å². The number of nitro groups is 1. The SMILES string of the molecule is CC(=O)NCc1cc([N+](=O)[O-])ccc1Cl. The van der Waals surface area contributed by atoms with E-state index in [-0.39, 0.29) is 18.1 Å². The van der Waals surface area contributed by atoms with E-state index in [0.717, 1.165) is 0 Å². The van der Waals surface area contributed by atoms with Crippen molar-refractivity contribution in [2.24, 2.45) is 0 Å². The summed E-state index contributed by atoms with van der Waals surface area (Å²) in [6, 6.07) is 4.11. The summed E-state index contributed by atoms with van der Waals surface area (Å²) in [6.07, 6.45) is 0. The van der Waals surface area contributed by atoms with Gasteiger partial charge in [-0.25, -0.2) is 0 Å². The Morgan fingerprint density at radius 2 is 2.27 bits per heavy atom. The number of amides is 1. The molecule has 5 nitrogen and oxygen atoms in total. The summed E-state index contributed by atoms with van der Waals surface area (Å²) in [6.45, 7) is 1.56. The van der Waals surface area contributed by atoms with E-state index >= 15 is 0 Å². The maximum absolute atomic E-state index is 10.7. The molecular formula is C9H9ClN2O3. The molecule has 0 aliphatic carbocycles. The fourth-order valence-electron chi connectivity index (χ4n) is 1.03. The van der Waals surface area contributed by atoms with Crippen molar-refractivity contribution in [3.8, 4) is 0 Å². The van der Waals surface area contributed by atoms with Gasteiger partial charge in [-0.3, -0.25) is 14.9 Å². The van der Waals surface area contributed by atoms with Crippen molar-refractivity contribution in [3.05, 3.63) is 38.9 Å². The minimum atomic E-state index is -0.506. The summed E-state index contributed by atoms with van der Waals surface area (Å²) >= 11 is 5.81. The number of benzene rings is 1. The van der Waals surface area contributed by atoms with E-state index in [0.29, 0.717) is 10.6 Å². The lowest BCUT2D eigenvalue weighted by atomic mass is 10.2. The molecule has 0 radical (unpaired) electrons. The molecule has 1 aromatic rings. The Balaban J connectivity index is 2.90. The first-order valence-electron chi connectivity index (χ1n) is 4.18. The number of nitrogens with zero attached hydrogens (tertiary/aromatic N) is 1. The van der Waals surface area contributed by atoms with Crippen LogP contribution in [0.5, 0.6) is 0 Å². The van der Waals surface area contributed by atoms with E-state index in [1.54, 1.807) is 0 Å². The fraction of sp³-hybridized carbons (Fsp3) is 0.222. The first-order chi connectivity index (χ1) is 7.00. The summed E-state index contributed by atoms with van der Waals surface area (Å²) in [4.78, 5) is 20.6. The highest BCUT2D eigenvalue weighted by molar-refractivity contribution is 6.31. The maximum Gasteiger partial charge on any atom is 0.269 e. The average molecular weight is 229 g/mol. The molecule has 1 rings (SSSR count). The molecule has 0 bridgehead atoms. The number of hydrogen-bond acceptors (Lipinski definition) is 3. The lowest BCUT2D eigenvalue weighted by molar-refractivity contribution is -0.384. The Kier molecular flexibility index (Phi) is 3.62. The van der Waals surface area contributed by atoms with E-state index in [4.69, 9.17) is 11.6 Å². The standard InChI is InChI=1S/C9H9ClN2O3/c1-6(13)11-5-7-4-8(12(14)15)2-3-9(7)10/h2-4H,5H2,1H3,(H,11,13). The fourth-order valence-corrected chi connectivity index (χ4v) is 1.21. The topological polar surface area (TPSA) is 72.2 Å². The highest BCUT2D eigenvalue weighted by atomic mass is 35.5. The first-order valence-corrected chi connectivity index (χ1v) is 4.55. The molecule has 0 saturated carbocycles. The molecule has 0 fully saturated rings. The molecule has 0 aliphatic heterocycles. The summed E-state index contributed by atoms with van der Waals surface area (Å²) in [5, 5.41) is 13.4. The van der Waals surface area contributed by atoms with Crippen LogP contribution in [0.15, 0.2) is 18.2 Å². The quantitative estimate of drug-likeness (QED) is 0.634. The van der Waals surface area contributed by atoms with Crippen molar-refractivity contribution in [2.75, 3.05) is 0 Å². The second-order valence-electron chi connectivity index (χ2n) is 2.94. The van der Waals surface area contributed by atoms with Gasteiger partial charge in [0.25, 0.3) is 5.69 Å². The van der Waals surface area contributed by atoms with Gasteiger partial charge >= 0.3 is 0 Å². The number of carbonyl (C=O) groups excluding carboxylic acids is 1. The minimum Gasteiger partial charge on any atom is -0.352 e. The second kappa shape index (κ2) is 4.75. The molecular weight excluding hydrogens is 220 g/mol. The van der Waals surface area contributed by atoms with Crippen LogP contribution in [0.25, 0.3) is 0 Å². The van der Waals surface area contributed by atoms with E-state index < -0.39 is 4.92 Å². The lowest BCUT2D eigenvalue weighted by Crippen LogP contribution is -2.19. The molecule has 0 saturated heterocycles. The van der Waals surface area contributed by atoms with Crippen LogP contribution in [-0.2, 0) is 11.3 Å². The second-order valence-corrected chi connectivity index (χ2v) is 3.35. The van der Waals surface area contributed by atoms with Gasteiger partial charge in [-0.1, -0.05) is 11.6 Å². The van der Waals surface area contributed by atoms with Crippen LogP contribution in [0.1, 0.15) is 12.5 Å². The lowest BCUT2D eigenvalue weighted by Gasteiger charge is -2.04. The number of carbonyl (C=O) groups is 1. The zero-order valence-electron chi connectivity index (χ0n) is 7.99. The number of halogens is 1. The molecule has 6 heteroatoms. The molecule has 15 heavy (non-hydrogen) atoms. The van der Waals surface area contributed by atoms with Crippen LogP contribution in [0, 0.1) is 10.1 Å². The number of hydrogen-bond donors (Lipinski definition) is 1. The smallest absolute Gasteiger partial charge is 0.269 e. The molecule has 1 N–H and O–H groups in total. The predicted octanol–water partition coefficient (Wildman–Crippen LogP) is 1.88. The van der Waals surface area contributed by atoms with E-state index in [1.807, 2.05) is 0 Å². The molecule has 1 amide bonds. The molecule has 0 aliphatic rings. The highest BCUT2D eigenvalue weighted by Gasteiger charge is 2.09. The van der Waals surface area contributed by atoms with Crippen LogP contribution < -0.4 is 5.32 Å². The third-order valence-corrected chi connectivity index (χ3v) is 2.14. The Morgan fingerprint density at radius 1 is 1.60 bits per heavy atom. The van der Waals surface area contributed by atoms with Crippen LogP contribution >= 0.6 is 11.6 Å². The van der Waals surface area contributed by atoms with Crippen LogP contribution in [0.3, 0.4) is 0 Å². The Hall–Kier alpha value is -1.62. The summed E-state index contributed by atoms with van der Waals surface area (Å²) in [5.41, 5.74) is 0.487. The van der Waals surface area contributed by atoms with Crippen molar-refractivity contribution < 1.29 is 9.72 Å². The van der Waals surface area contributed by atoms with Gasteiger partial charge in [-0.15, -0.1) is 0 Å². The summed E-state index contributed by atoms with van der Waals surface area (Å²) < 4.78 is 0. The van der Waals surface area contributed by atoms with Crippen LogP contribution in [-0.4, -0.2) is 10.8 Å². The van der Waals surface area contributed by atoms with Gasteiger partial charge in [0.15, 0.2) is 0 Å².